The van der Waals surface area contributed by atoms with E-state index in [2.05, 4.69) is 28.1 Å². The molecule has 1 aliphatic heterocycles. The van der Waals surface area contributed by atoms with Gasteiger partial charge in [-0.3, -0.25) is 0 Å². The molecule has 1 aliphatic rings. The molecule has 0 aliphatic carbocycles. The van der Waals surface area contributed by atoms with Crippen LogP contribution in [0.1, 0.15) is 17.7 Å². The fourth-order valence-corrected chi connectivity index (χ4v) is 3.67. The predicted octanol–water partition coefficient (Wildman–Crippen LogP) is 2.84. The highest BCUT2D eigenvalue weighted by molar-refractivity contribution is 9.11. The van der Waals surface area contributed by atoms with Crippen LogP contribution >= 0.6 is 27.3 Å². The second-order valence-corrected chi connectivity index (χ2v) is 6.70. The first kappa shape index (κ1) is 11.6. The number of halogens is 1. The normalized spacial score (nSPS) is 20.4. The summed E-state index contributed by atoms with van der Waals surface area (Å²) < 4.78 is 6.52. The number of hydrogen-bond donors (Lipinski definition) is 1. The molecule has 2 heterocycles. The minimum atomic E-state index is 0.0581. The molecule has 0 saturated carbocycles. The van der Waals surface area contributed by atoms with Gasteiger partial charge >= 0.3 is 0 Å². The molecule has 1 aromatic rings. The van der Waals surface area contributed by atoms with E-state index in [1.54, 1.807) is 11.3 Å². The van der Waals surface area contributed by atoms with E-state index in [0.717, 1.165) is 36.3 Å². The lowest BCUT2D eigenvalue weighted by Gasteiger charge is -2.35. The van der Waals surface area contributed by atoms with Crippen molar-refractivity contribution in [3.05, 3.63) is 20.8 Å². The van der Waals surface area contributed by atoms with Crippen LogP contribution in [0.25, 0.3) is 0 Å². The Morgan fingerprint density at radius 2 is 2.13 bits per heavy atom. The summed E-state index contributed by atoms with van der Waals surface area (Å²) in [5.74, 6) is 0. The summed E-state index contributed by atoms with van der Waals surface area (Å²) in [5.41, 5.74) is 0.0581. The largest absolute Gasteiger partial charge is 0.396 e. The van der Waals surface area contributed by atoms with Crippen LogP contribution in [0.15, 0.2) is 15.9 Å². The first-order chi connectivity index (χ1) is 7.24. The Morgan fingerprint density at radius 1 is 1.40 bits per heavy atom. The molecule has 0 radical (unpaired) electrons. The van der Waals surface area contributed by atoms with Crippen molar-refractivity contribution in [3.8, 4) is 0 Å². The van der Waals surface area contributed by atoms with Crippen molar-refractivity contribution in [2.75, 3.05) is 19.8 Å². The minimum Gasteiger partial charge on any atom is -0.396 e. The molecule has 15 heavy (non-hydrogen) atoms. The first-order valence-corrected chi connectivity index (χ1v) is 6.78. The predicted molar refractivity (Wildman–Crippen MR) is 65.3 cm³/mol. The molecule has 0 bridgehead atoms. The first-order valence-electron chi connectivity index (χ1n) is 5.17. The molecule has 84 valence electrons. The molecule has 2 nitrogen and oxygen atoms in total. The average Bonchev–Trinajstić information content (AvgIpc) is 2.65. The highest BCUT2D eigenvalue weighted by Gasteiger charge is 2.32. The van der Waals surface area contributed by atoms with Crippen molar-refractivity contribution in [3.63, 3.8) is 0 Å². The number of hydrogen-bond acceptors (Lipinski definition) is 3. The number of aliphatic hydroxyl groups excluding tert-OH is 1. The van der Waals surface area contributed by atoms with E-state index in [9.17, 15) is 5.11 Å². The Labute approximate surface area is 102 Å². The maximum atomic E-state index is 9.55. The molecule has 0 amide bonds. The maximum Gasteiger partial charge on any atom is 0.0701 e. The molecule has 2 rings (SSSR count). The number of aliphatic hydroxyl groups is 1. The average molecular weight is 291 g/mol. The van der Waals surface area contributed by atoms with Gasteiger partial charge in [0.25, 0.3) is 0 Å². The Balaban J connectivity index is 2.06. The van der Waals surface area contributed by atoms with Crippen LogP contribution in [0.4, 0.5) is 0 Å². The van der Waals surface area contributed by atoms with Crippen molar-refractivity contribution in [2.24, 2.45) is 5.41 Å². The molecule has 4 heteroatoms. The summed E-state index contributed by atoms with van der Waals surface area (Å²) in [6, 6.07) is 4.21. The number of thiophene rings is 1. The SMILES string of the molecule is OCC1(Cc2ccc(Br)s2)CCOCC1. The second kappa shape index (κ2) is 4.95. The Kier molecular flexibility index (Phi) is 3.83. The van der Waals surface area contributed by atoms with E-state index in [0.29, 0.717) is 0 Å². The minimum absolute atomic E-state index is 0.0581. The van der Waals surface area contributed by atoms with Crippen LogP contribution in [0.3, 0.4) is 0 Å². The van der Waals surface area contributed by atoms with Gasteiger partial charge in [0.2, 0.25) is 0 Å². The molecule has 0 atom stereocenters. The van der Waals surface area contributed by atoms with Crippen molar-refractivity contribution in [2.45, 2.75) is 19.3 Å². The Hall–Kier alpha value is 0.1000. The number of rotatable bonds is 3. The van der Waals surface area contributed by atoms with Gasteiger partial charge < -0.3 is 9.84 Å². The molecule has 1 aromatic heterocycles. The Morgan fingerprint density at radius 3 is 2.67 bits per heavy atom. The zero-order valence-electron chi connectivity index (χ0n) is 8.54. The van der Waals surface area contributed by atoms with Crippen LogP contribution in [-0.2, 0) is 11.2 Å². The van der Waals surface area contributed by atoms with Crippen LogP contribution in [0.2, 0.25) is 0 Å². The van der Waals surface area contributed by atoms with E-state index < -0.39 is 0 Å². The maximum absolute atomic E-state index is 9.55. The molecule has 1 fully saturated rings. The van der Waals surface area contributed by atoms with Crippen molar-refractivity contribution < 1.29 is 9.84 Å². The highest BCUT2D eigenvalue weighted by Crippen LogP contribution is 2.36. The lowest BCUT2D eigenvalue weighted by Crippen LogP contribution is -2.34. The van der Waals surface area contributed by atoms with Crippen molar-refractivity contribution in [1.82, 2.24) is 0 Å². The van der Waals surface area contributed by atoms with Gasteiger partial charge in [0.05, 0.1) is 3.79 Å². The van der Waals surface area contributed by atoms with E-state index >= 15 is 0 Å². The van der Waals surface area contributed by atoms with Gasteiger partial charge in [-0.1, -0.05) is 0 Å². The molecule has 0 aromatic carbocycles. The monoisotopic (exact) mass is 290 g/mol. The molecule has 1 N–H and O–H groups in total. The van der Waals surface area contributed by atoms with Gasteiger partial charge in [-0.15, -0.1) is 11.3 Å². The second-order valence-electron chi connectivity index (χ2n) is 4.15. The fourth-order valence-electron chi connectivity index (χ4n) is 2.01. The van der Waals surface area contributed by atoms with Crippen molar-refractivity contribution in [1.29, 1.82) is 0 Å². The van der Waals surface area contributed by atoms with E-state index in [4.69, 9.17) is 4.74 Å². The van der Waals surface area contributed by atoms with Gasteiger partial charge in [0.15, 0.2) is 0 Å². The summed E-state index contributed by atoms with van der Waals surface area (Å²) in [5, 5.41) is 9.55. The van der Waals surface area contributed by atoms with Crippen LogP contribution < -0.4 is 0 Å². The zero-order valence-corrected chi connectivity index (χ0v) is 10.9. The summed E-state index contributed by atoms with van der Waals surface area (Å²) in [6.45, 7) is 1.84. The molecule has 1 saturated heterocycles. The number of ether oxygens (including phenoxy) is 1. The molecule has 0 spiro atoms. The Bertz CT molecular complexity index is 318. The third kappa shape index (κ3) is 2.81. The van der Waals surface area contributed by atoms with E-state index in [-0.39, 0.29) is 12.0 Å². The van der Waals surface area contributed by atoms with Crippen LogP contribution in [-0.4, -0.2) is 24.9 Å². The quantitative estimate of drug-likeness (QED) is 0.928. The fraction of sp³-hybridized carbons (Fsp3) is 0.636. The van der Waals surface area contributed by atoms with Gasteiger partial charge in [-0.2, -0.15) is 0 Å². The molecule has 0 unspecified atom stereocenters. The molecular weight excluding hydrogens is 276 g/mol. The van der Waals surface area contributed by atoms with Crippen LogP contribution in [0, 0.1) is 5.41 Å². The third-order valence-corrected chi connectivity index (χ3v) is 4.69. The molecular formula is C11H15BrO2S. The van der Waals surface area contributed by atoms with Gasteiger partial charge in [0.1, 0.15) is 0 Å². The summed E-state index contributed by atoms with van der Waals surface area (Å²) in [7, 11) is 0. The lowest BCUT2D eigenvalue weighted by molar-refractivity contribution is -0.0153. The third-order valence-electron chi connectivity index (χ3n) is 3.07. The van der Waals surface area contributed by atoms with Gasteiger partial charge in [-0.25, -0.2) is 0 Å². The standard InChI is InChI=1S/C11H15BrO2S/c12-10-2-1-9(15-10)7-11(8-13)3-5-14-6-4-11/h1-2,13H,3-8H2. The van der Waals surface area contributed by atoms with Gasteiger partial charge in [-0.05, 0) is 47.3 Å². The van der Waals surface area contributed by atoms with Crippen molar-refractivity contribution >= 4 is 27.3 Å². The topological polar surface area (TPSA) is 29.5 Å². The summed E-state index contributed by atoms with van der Waals surface area (Å²) >= 11 is 5.23. The zero-order chi connectivity index (χ0) is 10.7. The highest BCUT2D eigenvalue weighted by atomic mass is 79.9. The van der Waals surface area contributed by atoms with E-state index in [1.807, 2.05) is 0 Å². The lowest BCUT2D eigenvalue weighted by atomic mass is 9.78. The smallest absolute Gasteiger partial charge is 0.0701 e. The van der Waals surface area contributed by atoms with Gasteiger partial charge in [0, 0.05) is 30.1 Å². The summed E-state index contributed by atoms with van der Waals surface area (Å²) in [4.78, 5) is 1.35. The summed E-state index contributed by atoms with van der Waals surface area (Å²) in [6.07, 6.45) is 2.92. The van der Waals surface area contributed by atoms with E-state index in [1.165, 1.54) is 4.88 Å². The van der Waals surface area contributed by atoms with Crippen LogP contribution in [0.5, 0.6) is 0 Å².